The highest BCUT2D eigenvalue weighted by Gasteiger charge is 2.43. The third kappa shape index (κ3) is 34.3. The summed E-state index contributed by atoms with van der Waals surface area (Å²) < 4.78 is 24.1. The summed E-state index contributed by atoms with van der Waals surface area (Å²) in [5.41, 5.74) is 0. The number of hydrogen-bond acceptors (Lipinski definition) is 8. The van der Waals surface area contributed by atoms with Gasteiger partial charge in [-0.3, -0.25) is 9.59 Å². The Labute approximate surface area is 396 Å². The van der Waals surface area contributed by atoms with Crippen molar-refractivity contribution in [2.24, 2.45) is 5.92 Å². The minimum Gasteiger partial charge on any atom is -0.457 e. The number of carbonyl (C=O) groups is 2. The molecule has 0 spiro atoms. The van der Waals surface area contributed by atoms with Crippen LogP contribution < -0.4 is 5.32 Å². The highest BCUT2D eigenvalue weighted by atomic mass is 28.3. The second-order valence-corrected chi connectivity index (χ2v) is 26.5. The lowest BCUT2D eigenvalue weighted by Crippen LogP contribution is -2.61. The van der Waals surface area contributed by atoms with E-state index in [1.54, 1.807) is 0 Å². The van der Waals surface area contributed by atoms with Crippen LogP contribution >= 0.6 is 0 Å². The summed E-state index contributed by atoms with van der Waals surface area (Å²) in [6, 6.07) is 0.318. The van der Waals surface area contributed by atoms with Crippen LogP contribution in [0, 0.1) is 5.92 Å². The third-order valence-corrected chi connectivity index (χ3v) is 15.2. The summed E-state index contributed by atoms with van der Waals surface area (Å²) in [5, 5.41) is 24.5. The van der Waals surface area contributed by atoms with Gasteiger partial charge in [-0.2, -0.15) is 0 Å². The first-order valence-electron chi connectivity index (χ1n) is 27.7. The molecule has 1 aliphatic heterocycles. The lowest BCUT2D eigenvalue weighted by Gasteiger charge is -2.40. The van der Waals surface area contributed by atoms with Crippen molar-refractivity contribution in [3.63, 3.8) is 0 Å². The Morgan fingerprint density at radius 2 is 1.03 bits per heavy atom. The Hall–Kier alpha value is -1.04. The molecule has 1 unspecified atom stereocenters. The molecule has 0 aliphatic carbocycles. The zero-order valence-corrected chi connectivity index (χ0v) is 44.1. The molecule has 1 amide bonds. The van der Waals surface area contributed by atoms with Gasteiger partial charge in [0.05, 0.1) is 37.7 Å². The molecule has 64 heavy (non-hydrogen) atoms. The summed E-state index contributed by atoms with van der Waals surface area (Å²) in [4.78, 5) is 27.8. The number of amides is 1. The molecule has 6 atom stereocenters. The molecule has 0 radical (unpaired) electrons. The van der Waals surface area contributed by atoms with Crippen molar-refractivity contribution in [3.8, 4) is 0 Å². The number of nitrogens with one attached hydrogen (secondary N) is 1. The molecule has 0 aromatic carbocycles. The predicted octanol–water partition coefficient (Wildman–Crippen LogP) is 14.2. The molecule has 0 aromatic rings. The first-order valence-corrected chi connectivity index (χ1v) is 31.4. The second-order valence-electron chi connectivity index (χ2n) is 20.9. The van der Waals surface area contributed by atoms with E-state index in [0.29, 0.717) is 6.61 Å². The van der Waals surface area contributed by atoms with Crippen LogP contribution in [0.2, 0.25) is 25.7 Å². The second kappa shape index (κ2) is 42.1. The highest BCUT2D eigenvalue weighted by molar-refractivity contribution is 6.76. The maximum Gasteiger partial charge on any atom is 0.309 e. The van der Waals surface area contributed by atoms with E-state index < -0.39 is 39.0 Å². The molecule has 0 saturated carbocycles. The number of aliphatic hydroxyl groups is 2. The zero-order chi connectivity index (χ0) is 46.9. The Bertz CT molecular complexity index is 1060. The minimum absolute atomic E-state index is 0.0391. The van der Waals surface area contributed by atoms with Crippen molar-refractivity contribution in [1.29, 1.82) is 0 Å². The van der Waals surface area contributed by atoms with Gasteiger partial charge in [0.1, 0.15) is 19.0 Å². The molecule has 0 aromatic heterocycles. The first kappa shape index (κ1) is 61.0. The van der Waals surface area contributed by atoms with Crippen molar-refractivity contribution < 1.29 is 38.7 Å². The first-order chi connectivity index (χ1) is 31.1. The average Bonchev–Trinajstić information content (AvgIpc) is 3.26. The largest absolute Gasteiger partial charge is 0.457 e. The minimum atomic E-state index is -1.26. The van der Waals surface area contributed by atoms with E-state index in [1.165, 1.54) is 161 Å². The fraction of sp³-hybridized carbons (Fsp3) is 0.963. The summed E-state index contributed by atoms with van der Waals surface area (Å²) in [6.45, 7) is 14.2. The van der Waals surface area contributed by atoms with E-state index in [-0.39, 0.29) is 43.7 Å². The number of esters is 1. The van der Waals surface area contributed by atoms with Crippen molar-refractivity contribution in [1.82, 2.24) is 5.32 Å². The van der Waals surface area contributed by atoms with Crippen molar-refractivity contribution >= 4 is 20.0 Å². The average molecular weight is 927 g/mol. The lowest BCUT2D eigenvalue weighted by atomic mass is 9.93. The molecule has 0 bridgehead atoms. The molecular formula is C54H107NO8Si. The molecule has 380 valence electrons. The summed E-state index contributed by atoms with van der Waals surface area (Å²) in [7, 11) is -1.24. The van der Waals surface area contributed by atoms with Gasteiger partial charge in [0.25, 0.3) is 0 Å². The quantitative estimate of drug-likeness (QED) is 0.0239. The Kier molecular flexibility index (Phi) is 40.1. The van der Waals surface area contributed by atoms with Crippen molar-refractivity contribution in [2.75, 3.05) is 26.6 Å². The van der Waals surface area contributed by atoms with Gasteiger partial charge in [-0.15, -0.1) is 0 Å². The Morgan fingerprint density at radius 3 is 1.44 bits per heavy atom. The molecule has 3 N–H and O–H groups in total. The Morgan fingerprint density at radius 1 is 0.625 bits per heavy atom. The van der Waals surface area contributed by atoms with Crippen LogP contribution in [0.5, 0.6) is 0 Å². The van der Waals surface area contributed by atoms with Crippen LogP contribution in [0.3, 0.4) is 0 Å². The van der Waals surface area contributed by atoms with E-state index in [4.69, 9.17) is 18.9 Å². The maximum atomic E-state index is 14.1. The number of unbranched alkanes of at least 4 members (excludes halogenated alkanes) is 28. The number of ether oxygens (including phenoxy) is 4. The summed E-state index contributed by atoms with van der Waals surface area (Å²) >= 11 is 0. The number of aliphatic hydroxyl groups excluding tert-OH is 2. The van der Waals surface area contributed by atoms with Gasteiger partial charge in [-0.1, -0.05) is 239 Å². The van der Waals surface area contributed by atoms with Gasteiger partial charge < -0.3 is 34.5 Å². The summed E-state index contributed by atoms with van der Waals surface area (Å²) in [6.07, 6.45) is 37.6. The third-order valence-electron chi connectivity index (χ3n) is 13.5. The van der Waals surface area contributed by atoms with Gasteiger partial charge in [-0.05, 0) is 25.3 Å². The highest BCUT2D eigenvalue weighted by Crippen LogP contribution is 2.26. The topological polar surface area (TPSA) is 124 Å². The standard InChI is InChI=1S/C54H107NO8Si/c1-7-10-13-16-19-22-24-25-28-30-33-36-39-47(38-35-32-29-27-23-20-17-14-11-8-2)54(59)63-53-49(45-61-50(44-56)52(53)58)55-51(57)43-48(62-46-60-41-42-64(4,5)6)40-37-34-31-26-21-18-15-12-9-3/h47-50,52-53,56,58H,7-46H2,1-6H3,(H,55,57)/t47?,48-,49+,50-,52-,53-/m1/s1. The molecule has 1 saturated heterocycles. The fourth-order valence-electron chi connectivity index (χ4n) is 9.01. The molecular weight excluding hydrogens is 819 g/mol. The van der Waals surface area contributed by atoms with Gasteiger partial charge in [0, 0.05) is 14.7 Å². The SMILES string of the molecule is CCCCCCCCCCCCCCC(CCCCCCCCCCCC)C(=O)O[C@H]1[C@H](O)[C@@H](CO)OC[C@@H]1NC(=O)C[C@@H](CCCCCCCCCCC)OCOCC[Si](C)(C)C. The molecule has 1 rings (SSSR count). The number of rotatable bonds is 46. The van der Waals surface area contributed by atoms with Crippen LogP contribution in [0.25, 0.3) is 0 Å². The van der Waals surface area contributed by atoms with E-state index >= 15 is 0 Å². The van der Waals surface area contributed by atoms with Crippen molar-refractivity contribution in [3.05, 3.63) is 0 Å². The molecule has 1 aliphatic rings. The zero-order valence-electron chi connectivity index (χ0n) is 43.1. The lowest BCUT2D eigenvalue weighted by molar-refractivity contribution is -0.194. The Balaban J connectivity index is 2.87. The van der Waals surface area contributed by atoms with Gasteiger partial charge in [-0.25, -0.2) is 0 Å². The van der Waals surface area contributed by atoms with Crippen LogP contribution in [-0.4, -0.2) is 87.2 Å². The van der Waals surface area contributed by atoms with Crippen LogP contribution in [0.15, 0.2) is 0 Å². The van der Waals surface area contributed by atoms with Crippen LogP contribution in [0.1, 0.15) is 245 Å². The normalized spacial score (nSPS) is 18.9. The maximum absolute atomic E-state index is 14.1. The van der Waals surface area contributed by atoms with E-state index in [0.717, 1.165) is 63.8 Å². The smallest absolute Gasteiger partial charge is 0.309 e. The van der Waals surface area contributed by atoms with Crippen LogP contribution in [-0.2, 0) is 28.5 Å². The predicted molar refractivity (Wildman–Crippen MR) is 271 cm³/mol. The van der Waals surface area contributed by atoms with Gasteiger partial charge >= 0.3 is 5.97 Å². The fourth-order valence-corrected chi connectivity index (χ4v) is 9.76. The number of carbonyl (C=O) groups excluding carboxylic acids is 2. The van der Waals surface area contributed by atoms with Gasteiger partial charge in [0.15, 0.2) is 6.10 Å². The molecule has 1 fully saturated rings. The van der Waals surface area contributed by atoms with E-state index in [9.17, 15) is 19.8 Å². The monoisotopic (exact) mass is 926 g/mol. The van der Waals surface area contributed by atoms with Crippen LogP contribution in [0.4, 0.5) is 0 Å². The summed E-state index contributed by atoms with van der Waals surface area (Å²) in [5.74, 6) is -0.792. The van der Waals surface area contributed by atoms with Gasteiger partial charge in [0.2, 0.25) is 5.91 Å². The molecule has 9 nitrogen and oxygen atoms in total. The number of hydrogen-bond donors (Lipinski definition) is 3. The van der Waals surface area contributed by atoms with Crippen molar-refractivity contribution in [2.45, 2.75) is 302 Å². The van der Waals surface area contributed by atoms with E-state index in [1.807, 2.05) is 0 Å². The van der Waals surface area contributed by atoms with E-state index in [2.05, 4.69) is 45.7 Å². The molecule has 10 heteroatoms. The molecule has 1 heterocycles.